The summed E-state index contributed by atoms with van der Waals surface area (Å²) in [4.78, 5) is 50.7. The molecule has 1 aliphatic rings. The quantitative estimate of drug-likeness (QED) is 0.392. The molecule has 4 aromatic rings. The molecular weight excluding hydrogens is 452 g/mol. The monoisotopic (exact) mass is 478 g/mol. The first-order valence-electron chi connectivity index (χ1n) is 11.8. The third kappa shape index (κ3) is 4.24. The molecule has 1 saturated heterocycles. The van der Waals surface area contributed by atoms with E-state index in [2.05, 4.69) is 9.97 Å². The number of hydrogen-bond acceptors (Lipinski definition) is 5. The minimum atomic E-state index is -1.22. The molecular formula is C29H26N4O3. The molecule has 7 nitrogen and oxygen atoms in total. The number of benzene rings is 3. The summed E-state index contributed by atoms with van der Waals surface area (Å²) in [7, 11) is 3.19. The maximum Gasteiger partial charge on any atom is 0.240 e. The molecule has 1 atom stereocenters. The number of rotatable bonds is 6. The van der Waals surface area contributed by atoms with E-state index in [-0.39, 0.29) is 30.6 Å². The largest absolute Gasteiger partial charge is 0.341 e. The minimum absolute atomic E-state index is 0.0296. The van der Waals surface area contributed by atoms with E-state index in [9.17, 15) is 14.4 Å². The van der Waals surface area contributed by atoms with Gasteiger partial charge in [0.2, 0.25) is 17.7 Å². The van der Waals surface area contributed by atoms with Gasteiger partial charge in [0.15, 0.2) is 0 Å². The van der Waals surface area contributed by atoms with Crippen LogP contribution in [0.2, 0.25) is 0 Å². The van der Waals surface area contributed by atoms with Gasteiger partial charge in [0.05, 0.1) is 16.4 Å². The van der Waals surface area contributed by atoms with Gasteiger partial charge in [-0.3, -0.25) is 29.3 Å². The van der Waals surface area contributed by atoms with E-state index >= 15 is 0 Å². The summed E-state index contributed by atoms with van der Waals surface area (Å²) in [5.74, 6) is -0.837. The van der Waals surface area contributed by atoms with Gasteiger partial charge in [-0.2, -0.15) is 0 Å². The second-order valence-electron chi connectivity index (χ2n) is 9.27. The standard InChI is InChI=1S/C29H26N4O3/c1-32(19-20-8-13-24-25(16-20)31-15-14-30-24)26(34)17-29(18-27(35)33(2)28(29)36)23-11-9-22(10-12-23)21-6-4-3-5-7-21/h3-16H,17-19H2,1-2H3. The van der Waals surface area contributed by atoms with Crippen molar-refractivity contribution < 1.29 is 14.4 Å². The van der Waals surface area contributed by atoms with Gasteiger partial charge >= 0.3 is 0 Å². The number of likely N-dealkylation sites (tertiary alicyclic amines) is 1. The normalized spacial score (nSPS) is 17.6. The first kappa shape index (κ1) is 23.4. The molecule has 0 aliphatic carbocycles. The second-order valence-corrected chi connectivity index (χ2v) is 9.27. The number of amides is 3. The SMILES string of the molecule is CN(Cc1ccc2nccnc2c1)C(=O)CC1(c2ccc(-c3ccccc3)cc2)CC(=O)N(C)C1=O. The van der Waals surface area contributed by atoms with Crippen molar-refractivity contribution in [3.63, 3.8) is 0 Å². The Balaban J connectivity index is 1.41. The van der Waals surface area contributed by atoms with Crippen LogP contribution in [0, 0.1) is 0 Å². The van der Waals surface area contributed by atoms with Gasteiger partial charge in [0.1, 0.15) is 0 Å². The molecule has 3 aromatic carbocycles. The molecule has 7 heteroatoms. The van der Waals surface area contributed by atoms with Crippen LogP contribution in [0.15, 0.2) is 85.2 Å². The van der Waals surface area contributed by atoms with E-state index in [0.717, 1.165) is 32.6 Å². The molecule has 1 fully saturated rings. The lowest BCUT2D eigenvalue weighted by Gasteiger charge is -2.29. The smallest absolute Gasteiger partial charge is 0.240 e. The molecule has 1 aromatic heterocycles. The van der Waals surface area contributed by atoms with Crippen LogP contribution >= 0.6 is 0 Å². The van der Waals surface area contributed by atoms with Crippen LogP contribution in [0.5, 0.6) is 0 Å². The number of hydrogen-bond donors (Lipinski definition) is 0. The Bertz CT molecular complexity index is 1450. The summed E-state index contributed by atoms with van der Waals surface area (Å²) in [6.07, 6.45) is 3.15. The van der Waals surface area contributed by atoms with Crippen molar-refractivity contribution in [1.82, 2.24) is 19.8 Å². The summed E-state index contributed by atoms with van der Waals surface area (Å²) in [6, 6.07) is 23.2. The molecule has 1 aliphatic heterocycles. The van der Waals surface area contributed by atoms with Crippen LogP contribution < -0.4 is 0 Å². The molecule has 0 bridgehead atoms. The predicted octanol–water partition coefficient (Wildman–Crippen LogP) is 3.97. The average Bonchev–Trinajstić information content (AvgIpc) is 3.13. The van der Waals surface area contributed by atoms with Crippen molar-refractivity contribution in [2.24, 2.45) is 0 Å². The fraction of sp³-hybridized carbons (Fsp3) is 0.207. The highest BCUT2D eigenvalue weighted by molar-refractivity contribution is 6.10. The maximum atomic E-state index is 13.4. The van der Waals surface area contributed by atoms with Crippen molar-refractivity contribution in [1.29, 1.82) is 0 Å². The Labute approximate surface area is 209 Å². The number of imide groups is 1. The summed E-state index contributed by atoms with van der Waals surface area (Å²) in [6.45, 7) is 0.354. The van der Waals surface area contributed by atoms with E-state index in [1.54, 1.807) is 24.3 Å². The van der Waals surface area contributed by atoms with Gasteiger partial charge in [-0.25, -0.2) is 0 Å². The average molecular weight is 479 g/mol. The highest BCUT2D eigenvalue weighted by Gasteiger charge is 2.52. The lowest BCUT2D eigenvalue weighted by Crippen LogP contribution is -2.41. The third-order valence-corrected chi connectivity index (χ3v) is 6.92. The van der Waals surface area contributed by atoms with Gasteiger partial charge in [0.25, 0.3) is 0 Å². The van der Waals surface area contributed by atoms with Crippen LogP contribution in [0.1, 0.15) is 24.0 Å². The molecule has 2 heterocycles. The zero-order chi connectivity index (χ0) is 25.3. The molecule has 0 saturated carbocycles. The van der Waals surface area contributed by atoms with Gasteiger partial charge in [-0.05, 0) is 34.4 Å². The molecule has 3 amide bonds. The first-order valence-corrected chi connectivity index (χ1v) is 11.8. The van der Waals surface area contributed by atoms with E-state index in [1.165, 1.54) is 7.05 Å². The number of nitrogens with zero attached hydrogens (tertiary/aromatic N) is 4. The highest BCUT2D eigenvalue weighted by atomic mass is 16.2. The zero-order valence-electron chi connectivity index (χ0n) is 20.2. The van der Waals surface area contributed by atoms with Crippen LogP contribution in [-0.4, -0.2) is 51.6 Å². The number of fused-ring (bicyclic) bond motifs is 1. The Kier molecular flexibility index (Phi) is 6.06. The Morgan fingerprint density at radius 1 is 0.917 bits per heavy atom. The number of aromatic nitrogens is 2. The molecule has 180 valence electrons. The van der Waals surface area contributed by atoms with Gasteiger partial charge in [0, 0.05) is 45.9 Å². The van der Waals surface area contributed by atoms with Crippen LogP contribution in [0.3, 0.4) is 0 Å². The topological polar surface area (TPSA) is 83.5 Å². The first-order chi connectivity index (χ1) is 17.4. The molecule has 0 radical (unpaired) electrons. The van der Waals surface area contributed by atoms with Gasteiger partial charge < -0.3 is 4.90 Å². The third-order valence-electron chi connectivity index (χ3n) is 6.92. The lowest BCUT2D eigenvalue weighted by molar-refractivity contribution is -0.141. The van der Waals surface area contributed by atoms with Crippen LogP contribution in [0.25, 0.3) is 22.2 Å². The number of carbonyl (C=O) groups excluding carboxylic acids is 3. The van der Waals surface area contributed by atoms with Gasteiger partial charge in [-0.15, -0.1) is 0 Å². The number of carbonyl (C=O) groups is 3. The Hall–Kier alpha value is -4.39. The zero-order valence-corrected chi connectivity index (χ0v) is 20.2. The maximum absolute atomic E-state index is 13.4. The molecule has 0 N–H and O–H groups in total. The van der Waals surface area contributed by atoms with Crippen molar-refractivity contribution >= 4 is 28.8 Å². The van der Waals surface area contributed by atoms with E-state index < -0.39 is 5.41 Å². The van der Waals surface area contributed by atoms with E-state index in [1.807, 2.05) is 72.8 Å². The lowest BCUT2D eigenvalue weighted by atomic mass is 9.75. The Morgan fingerprint density at radius 2 is 1.58 bits per heavy atom. The van der Waals surface area contributed by atoms with E-state index in [0.29, 0.717) is 12.1 Å². The van der Waals surface area contributed by atoms with Crippen LogP contribution in [0.4, 0.5) is 0 Å². The fourth-order valence-corrected chi connectivity index (χ4v) is 4.83. The predicted molar refractivity (Wildman–Crippen MR) is 137 cm³/mol. The van der Waals surface area contributed by atoms with Crippen molar-refractivity contribution in [3.05, 3.63) is 96.3 Å². The summed E-state index contributed by atoms with van der Waals surface area (Å²) in [5.41, 5.74) is 3.96. The van der Waals surface area contributed by atoms with E-state index in [4.69, 9.17) is 0 Å². The molecule has 36 heavy (non-hydrogen) atoms. The minimum Gasteiger partial charge on any atom is -0.341 e. The molecule has 5 rings (SSSR count). The fourth-order valence-electron chi connectivity index (χ4n) is 4.83. The van der Waals surface area contributed by atoms with Crippen LogP contribution in [-0.2, 0) is 26.3 Å². The Morgan fingerprint density at radius 3 is 2.25 bits per heavy atom. The number of likely N-dealkylation sites (N-methyl/N-ethyl adjacent to an activating group) is 1. The molecule has 1 unspecified atom stereocenters. The van der Waals surface area contributed by atoms with Crippen molar-refractivity contribution in [2.75, 3.05) is 14.1 Å². The summed E-state index contributed by atoms with van der Waals surface area (Å²) in [5, 5.41) is 0. The second kappa shape index (κ2) is 9.34. The van der Waals surface area contributed by atoms with Gasteiger partial charge in [-0.1, -0.05) is 60.7 Å². The highest BCUT2D eigenvalue weighted by Crippen LogP contribution is 2.40. The van der Waals surface area contributed by atoms with Crippen molar-refractivity contribution in [2.45, 2.75) is 24.8 Å². The summed E-state index contributed by atoms with van der Waals surface area (Å²) >= 11 is 0. The van der Waals surface area contributed by atoms with Crippen molar-refractivity contribution in [3.8, 4) is 11.1 Å². The summed E-state index contributed by atoms with van der Waals surface area (Å²) < 4.78 is 0. The molecule has 0 spiro atoms.